The molecule has 22 heavy (non-hydrogen) atoms. The van der Waals surface area contributed by atoms with Crippen molar-refractivity contribution in [3.05, 3.63) is 53.6 Å². The molecule has 0 heterocycles. The van der Waals surface area contributed by atoms with Gasteiger partial charge >= 0.3 is 5.97 Å². The third-order valence-corrected chi connectivity index (χ3v) is 3.87. The summed E-state index contributed by atoms with van der Waals surface area (Å²) in [6.45, 7) is 2.25. The van der Waals surface area contributed by atoms with Crippen LogP contribution in [0, 0.1) is 5.92 Å². The van der Waals surface area contributed by atoms with E-state index >= 15 is 0 Å². The molecular weight excluding hydrogens is 278 g/mol. The number of anilines is 1. The van der Waals surface area contributed by atoms with E-state index in [4.69, 9.17) is 15.2 Å². The van der Waals surface area contributed by atoms with E-state index in [1.165, 1.54) is 0 Å². The summed E-state index contributed by atoms with van der Waals surface area (Å²) in [5.74, 6) is 1.31. The molecule has 0 aliphatic heterocycles. The number of nitrogen functional groups attached to an aromatic ring is 1. The minimum absolute atomic E-state index is 0.105. The van der Waals surface area contributed by atoms with Crippen molar-refractivity contribution < 1.29 is 14.3 Å². The molecule has 0 amide bonds. The zero-order chi connectivity index (χ0) is 15.5. The lowest BCUT2D eigenvalue weighted by molar-refractivity contribution is -0.147. The Labute approximate surface area is 129 Å². The zero-order valence-electron chi connectivity index (χ0n) is 12.5. The summed E-state index contributed by atoms with van der Waals surface area (Å²) in [7, 11) is 0. The molecule has 2 aromatic carbocycles. The van der Waals surface area contributed by atoms with Crippen molar-refractivity contribution in [2.45, 2.75) is 19.8 Å². The Bertz CT molecular complexity index is 679. The lowest BCUT2D eigenvalue weighted by atomic mass is 10.1. The van der Waals surface area contributed by atoms with Crippen molar-refractivity contribution in [2.75, 3.05) is 12.3 Å². The van der Waals surface area contributed by atoms with E-state index in [1.54, 1.807) is 12.1 Å². The van der Waals surface area contributed by atoms with Gasteiger partial charge in [0.25, 0.3) is 0 Å². The van der Waals surface area contributed by atoms with Crippen LogP contribution in [-0.4, -0.2) is 12.6 Å². The number of ether oxygens (including phenoxy) is 2. The molecular formula is C18H19NO3. The highest BCUT2D eigenvalue weighted by molar-refractivity contribution is 5.75. The number of carbonyl (C=O) groups is 1. The van der Waals surface area contributed by atoms with Crippen molar-refractivity contribution in [2.24, 2.45) is 5.92 Å². The summed E-state index contributed by atoms with van der Waals surface area (Å²) in [4.78, 5) is 11.9. The molecule has 0 bridgehead atoms. The molecule has 0 saturated carbocycles. The van der Waals surface area contributed by atoms with Gasteiger partial charge < -0.3 is 15.2 Å². The first-order valence-electron chi connectivity index (χ1n) is 7.48. The smallest absolute Gasteiger partial charge is 0.309 e. The second-order valence-corrected chi connectivity index (χ2v) is 5.42. The van der Waals surface area contributed by atoms with Gasteiger partial charge in [0.15, 0.2) is 0 Å². The summed E-state index contributed by atoms with van der Waals surface area (Å²) in [5.41, 5.74) is 8.64. The molecule has 1 aliphatic carbocycles. The second-order valence-electron chi connectivity index (χ2n) is 5.42. The maximum atomic E-state index is 11.9. The fourth-order valence-corrected chi connectivity index (χ4v) is 2.80. The largest absolute Gasteiger partial charge is 0.466 e. The second kappa shape index (κ2) is 6.10. The molecule has 2 aromatic rings. The predicted molar refractivity (Wildman–Crippen MR) is 84.9 cm³/mol. The van der Waals surface area contributed by atoms with Crippen LogP contribution in [0.4, 0.5) is 5.69 Å². The number of hydrogen-bond acceptors (Lipinski definition) is 4. The highest BCUT2D eigenvalue weighted by atomic mass is 16.5. The average molecular weight is 297 g/mol. The number of rotatable bonds is 4. The van der Waals surface area contributed by atoms with E-state index in [0.717, 1.165) is 22.6 Å². The van der Waals surface area contributed by atoms with Crippen molar-refractivity contribution in [1.29, 1.82) is 0 Å². The van der Waals surface area contributed by atoms with Gasteiger partial charge in [-0.25, -0.2) is 0 Å². The lowest BCUT2D eigenvalue weighted by Gasteiger charge is -2.11. The molecule has 3 rings (SSSR count). The maximum Gasteiger partial charge on any atom is 0.309 e. The number of nitrogens with two attached hydrogens (primary N) is 1. The molecule has 0 spiro atoms. The number of hydrogen-bond donors (Lipinski definition) is 1. The maximum absolute atomic E-state index is 11.9. The third-order valence-electron chi connectivity index (χ3n) is 3.87. The Morgan fingerprint density at radius 2 is 1.95 bits per heavy atom. The van der Waals surface area contributed by atoms with Crippen LogP contribution in [0.5, 0.6) is 11.5 Å². The molecule has 0 aromatic heterocycles. The molecule has 2 N–H and O–H groups in total. The van der Waals surface area contributed by atoms with Gasteiger partial charge in [-0.3, -0.25) is 4.79 Å². The lowest BCUT2D eigenvalue weighted by Crippen LogP contribution is -2.17. The number of benzene rings is 2. The molecule has 4 heteroatoms. The minimum Gasteiger partial charge on any atom is -0.466 e. The first-order valence-corrected chi connectivity index (χ1v) is 7.48. The Morgan fingerprint density at radius 1 is 1.18 bits per heavy atom. The molecule has 1 unspecified atom stereocenters. The standard InChI is InChI=1S/C18H19NO3/c1-2-21-18(20)13-10-12-4-3-5-17(16(12)11-13)22-15-8-6-14(19)7-9-15/h3-9,13H,2,10-11,19H2,1H3. The van der Waals surface area contributed by atoms with E-state index in [9.17, 15) is 4.79 Å². The fraction of sp³-hybridized carbons (Fsp3) is 0.278. The Kier molecular flexibility index (Phi) is 4.00. The van der Waals surface area contributed by atoms with Crippen molar-refractivity contribution in [3.63, 3.8) is 0 Å². The molecule has 1 atom stereocenters. The molecule has 1 aliphatic rings. The van der Waals surface area contributed by atoms with E-state index in [1.807, 2.05) is 37.3 Å². The van der Waals surface area contributed by atoms with Crippen LogP contribution in [-0.2, 0) is 22.4 Å². The molecule has 0 saturated heterocycles. The Balaban J connectivity index is 1.80. The van der Waals surface area contributed by atoms with Gasteiger partial charge in [0.05, 0.1) is 12.5 Å². The van der Waals surface area contributed by atoms with Crippen LogP contribution in [0.3, 0.4) is 0 Å². The van der Waals surface area contributed by atoms with E-state index in [2.05, 4.69) is 0 Å². The van der Waals surface area contributed by atoms with Gasteiger partial charge in [-0.1, -0.05) is 12.1 Å². The molecule has 0 fully saturated rings. The third kappa shape index (κ3) is 2.91. The van der Waals surface area contributed by atoms with Gasteiger partial charge in [-0.2, -0.15) is 0 Å². The van der Waals surface area contributed by atoms with Crippen LogP contribution in [0.2, 0.25) is 0 Å². The van der Waals surface area contributed by atoms with Crippen molar-refractivity contribution >= 4 is 11.7 Å². The average Bonchev–Trinajstić information content (AvgIpc) is 2.95. The predicted octanol–water partition coefficient (Wildman–Crippen LogP) is 3.34. The van der Waals surface area contributed by atoms with Crippen LogP contribution < -0.4 is 10.5 Å². The topological polar surface area (TPSA) is 61.5 Å². The van der Waals surface area contributed by atoms with Crippen molar-refractivity contribution in [1.82, 2.24) is 0 Å². The SMILES string of the molecule is CCOC(=O)C1Cc2cccc(Oc3ccc(N)cc3)c2C1. The number of fused-ring (bicyclic) bond motifs is 1. The summed E-state index contributed by atoms with van der Waals surface area (Å²) >= 11 is 0. The molecule has 0 radical (unpaired) electrons. The van der Waals surface area contributed by atoms with Crippen molar-refractivity contribution in [3.8, 4) is 11.5 Å². The van der Waals surface area contributed by atoms with Gasteiger partial charge in [0.2, 0.25) is 0 Å². The molecule has 114 valence electrons. The quantitative estimate of drug-likeness (QED) is 0.694. The highest BCUT2D eigenvalue weighted by Gasteiger charge is 2.30. The van der Waals surface area contributed by atoms with Gasteiger partial charge in [0.1, 0.15) is 11.5 Å². The zero-order valence-corrected chi connectivity index (χ0v) is 12.5. The first-order chi connectivity index (χ1) is 10.7. The van der Waals surface area contributed by atoms with Crippen LogP contribution >= 0.6 is 0 Å². The monoisotopic (exact) mass is 297 g/mol. The van der Waals surface area contributed by atoms with Crippen LogP contribution in [0.15, 0.2) is 42.5 Å². The van der Waals surface area contributed by atoms with E-state index in [0.29, 0.717) is 25.1 Å². The van der Waals surface area contributed by atoms with E-state index in [-0.39, 0.29) is 11.9 Å². The Morgan fingerprint density at radius 3 is 2.68 bits per heavy atom. The van der Waals surface area contributed by atoms with Crippen LogP contribution in [0.1, 0.15) is 18.1 Å². The van der Waals surface area contributed by atoms with Gasteiger partial charge in [-0.05, 0) is 61.2 Å². The number of esters is 1. The van der Waals surface area contributed by atoms with Gasteiger partial charge in [0, 0.05) is 5.69 Å². The van der Waals surface area contributed by atoms with Gasteiger partial charge in [-0.15, -0.1) is 0 Å². The molecule has 4 nitrogen and oxygen atoms in total. The summed E-state index contributed by atoms with van der Waals surface area (Å²) in [6.07, 6.45) is 1.38. The minimum atomic E-state index is -0.128. The fourth-order valence-electron chi connectivity index (χ4n) is 2.80. The Hall–Kier alpha value is -2.49. The van der Waals surface area contributed by atoms with Crippen LogP contribution in [0.25, 0.3) is 0 Å². The normalized spacial score (nSPS) is 16.1. The summed E-state index contributed by atoms with van der Waals surface area (Å²) in [5, 5.41) is 0. The summed E-state index contributed by atoms with van der Waals surface area (Å²) < 4.78 is 11.1. The van der Waals surface area contributed by atoms with E-state index < -0.39 is 0 Å². The summed E-state index contributed by atoms with van der Waals surface area (Å²) in [6, 6.07) is 13.2. The number of carbonyl (C=O) groups excluding carboxylic acids is 1. The first kappa shape index (κ1) is 14.4. The highest BCUT2D eigenvalue weighted by Crippen LogP contribution is 2.36.